The van der Waals surface area contributed by atoms with Gasteiger partial charge in [0.15, 0.2) is 4.77 Å². The first-order valence-corrected chi connectivity index (χ1v) is 9.87. The van der Waals surface area contributed by atoms with Crippen LogP contribution in [0.2, 0.25) is 5.02 Å². The van der Waals surface area contributed by atoms with Crippen molar-refractivity contribution in [2.24, 2.45) is 0 Å². The monoisotopic (exact) mass is 407 g/mol. The van der Waals surface area contributed by atoms with E-state index in [1.165, 1.54) is 5.56 Å². The maximum Gasteiger partial charge on any atom is 0.214 e. The van der Waals surface area contributed by atoms with Crippen molar-refractivity contribution in [2.75, 3.05) is 0 Å². The highest BCUT2D eigenvalue weighted by molar-refractivity contribution is 7.71. The number of rotatable bonds is 3. The Hall–Kier alpha value is -2.76. The quantitative estimate of drug-likeness (QED) is 0.302. The molecule has 28 heavy (non-hydrogen) atoms. The zero-order valence-electron chi connectivity index (χ0n) is 15.0. The second-order valence-corrected chi connectivity index (χ2v) is 7.82. The Morgan fingerprint density at radius 2 is 2.07 bits per heavy atom. The van der Waals surface area contributed by atoms with Gasteiger partial charge in [-0.2, -0.15) is 0 Å². The van der Waals surface area contributed by atoms with Gasteiger partial charge in [0.1, 0.15) is 6.04 Å². The highest BCUT2D eigenvalue weighted by atomic mass is 35.5. The minimum atomic E-state index is -0.186. The lowest BCUT2D eigenvalue weighted by Crippen LogP contribution is -2.21. The third-order valence-electron chi connectivity index (χ3n) is 5.44. The Labute approximate surface area is 172 Å². The fourth-order valence-corrected chi connectivity index (χ4v) is 4.83. The molecule has 0 fully saturated rings. The topological polar surface area (TPSA) is 45.9 Å². The molecule has 0 saturated heterocycles. The predicted molar refractivity (Wildman–Crippen MR) is 115 cm³/mol. The van der Waals surface area contributed by atoms with Gasteiger partial charge >= 0.3 is 0 Å². The molecule has 6 heteroatoms. The van der Waals surface area contributed by atoms with Gasteiger partial charge in [-0.25, -0.2) is 0 Å². The molecule has 2 aromatic carbocycles. The lowest BCUT2D eigenvalue weighted by Gasteiger charge is -2.26. The van der Waals surface area contributed by atoms with Crippen LogP contribution in [0.5, 0.6) is 5.88 Å². The van der Waals surface area contributed by atoms with Crippen LogP contribution >= 0.6 is 23.8 Å². The molecule has 1 atom stereocenters. The number of aromatic hydroxyl groups is 1. The van der Waals surface area contributed by atoms with Crippen LogP contribution < -0.4 is 0 Å². The smallest absolute Gasteiger partial charge is 0.214 e. The molecule has 1 aliphatic rings. The van der Waals surface area contributed by atoms with E-state index < -0.39 is 0 Å². The molecule has 140 valence electrons. The largest absolute Gasteiger partial charge is 0.493 e. The molecule has 2 aromatic heterocycles. The normalized spacial score (nSPS) is 15.4. The fourth-order valence-electron chi connectivity index (χ4n) is 4.26. The fraction of sp³-hybridized carbons (Fsp3) is 0.136. The molecule has 0 radical (unpaired) electrons. The number of para-hydroxylation sites is 1. The Bertz CT molecular complexity index is 1300. The van der Waals surface area contributed by atoms with E-state index in [-0.39, 0.29) is 11.9 Å². The summed E-state index contributed by atoms with van der Waals surface area (Å²) in [6.07, 6.45) is 2.35. The summed E-state index contributed by atoms with van der Waals surface area (Å²) in [5, 5.41) is 12.8. The van der Waals surface area contributed by atoms with Crippen molar-refractivity contribution in [2.45, 2.75) is 19.0 Å². The van der Waals surface area contributed by atoms with Crippen molar-refractivity contribution < 1.29 is 5.11 Å². The minimum Gasteiger partial charge on any atom is -0.493 e. The van der Waals surface area contributed by atoms with E-state index in [2.05, 4.69) is 23.7 Å². The third kappa shape index (κ3) is 2.40. The Kier molecular flexibility index (Phi) is 3.96. The summed E-state index contributed by atoms with van der Waals surface area (Å²) in [6, 6.07) is 15.9. The number of allylic oxidation sites excluding steroid dienone is 1. The second-order valence-electron chi connectivity index (χ2n) is 7.02. The summed E-state index contributed by atoms with van der Waals surface area (Å²) in [5.74, 6) is 0.202. The number of H-pyrrole nitrogens is 1. The highest BCUT2D eigenvalue weighted by Gasteiger charge is 2.34. The van der Waals surface area contributed by atoms with Gasteiger partial charge in [-0.1, -0.05) is 48.0 Å². The summed E-state index contributed by atoms with van der Waals surface area (Å²) in [4.78, 5) is 3.59. The van der Waals surface area contributed by atoms with E-state index >= 15 is 0 Å². The molecule has 4 nitrogen and oxygen atoms in total. The second kappa shape index (κ2) is 6.40. The molecular weight excluding hydrogens is 390 g/mol. The van der Waals surface area contributed by atoms with Crippen LogP contribution in [-0.2, 0) is 13.0 Å². The van der Waals surface area contributed by atoms with Gasteiger partial charge in [-0.15, -0.1) is 6.58 Å². The lowest BCUT2D eigenvalue weighted by molar-refractivity contribution is 0.418. The lowest BCUT2D eigenvalue weighted by atomic mass is 9.93. The van der Waals surface area contributed by atoms with Gasteiger partial charge in [0.25, 0.3) is 0 Å². The molecule has 0 saturated carbocycles. The molecule has 5 rings (SSSR count). The summed E-state index contributed by atoms with van der Waals surface area (Å²) < 4.78 is 4.34. The van der Waals surface area contributed by atoms with Gasteiger partial charge < -0.3 is 14.7 Å². The molecule has 1 unspecified atom stereocenters. The first-order valence-electron chi connectivity index (χ1n) is 9.09. The van der Waals surface area contributed by atoms with E-state index in [0.717, 1.165) is 27.9 Å². The van der Waals surface area contributed by atoms with Crippen LogP contribution in [-0.4, -0.2) is 19.2 Å². The van der Waals surface area contributed by atoms with Gasteiger partial charge in [-0.3, -0.25) is 4.57 Å². The number of aromatic nitrogens is 3. The summed E-state index contributed by atoms with van der Waals surface area (Å²) in [5.41, 5.74) is 5.18. The molecule has 2 N–H and O–H groups in total. The average Bonchev–Trinajstić information content (AvgIpc) is 3.18. The molecule has 4 aromatic rings. The molecular formula is C22H18ClN3OS. The Balaban J connectivity index is 1.86. The third-order valence-corrected chi connectivity index (χ3v) is 6.09. The van der Waals surface area contributed by atoms with Gasteiger partial charge in [0.2, 0.25) is 5.88 Å². The molecule has 0 aliphatic carbocycles. The summed E-state index contributed by atoms with van der Waals surface area (Å²) >= 11 is 12.1. The molecule has 0 amide bonds. The highest BCUT2D eigenvalue weighted by Crippen LogP contribution is 2.42. The molecule has 1 aliphatic heterocycles. The van der Waals surface area contributed by atoms with E-state index in [4.69, 9.17) is 23.8 Å². The van der Waals surface area contributed by atoms with Crippen molar-refractivity contribution in [1.82, 2.24) is 14.1 Å². The van der Waals surface area contributed by atoms with Crippen LogP contribution in [0.15, 0.2) is 61.2 Å². The number of benzene rings is 2. The zero-order valence-corrected chi connectivity index (χ0v) is 16.6. The minimum absolute atomic E-state index is 0.186. The number of nitrogens with zero attached hydrogens (tertiary/aromatic N) is 2. The van der Waals surface area contributed by atoms with E-state index in [0.29, 0.717) is 22.8 Å². The number of nitrogens with one attached hydrogen (secondary N) is 1. The number of hydrogen-bond donors (Lipinski definition) is 2. The summed E-state index contributed by atoms with van der Waals surface area (Å²) in [6.45, 7) is 4.25. The maximum absolute atomic E-state index is 10.9. The van der Waals surface area contributed by atoms with Crippen LogP contribution in [0.4, 0.5) is 0 Å². The van der Waals surface area contributed by atoms with Crippen molar-refractivity contribution in [3.8, 4) is 5.88 Å². The predicted octanol–water partition coefficient (Wildman–Crippen LogP) is 5.59. The van der Waals surface area contributed by atoms with E-state index in [1.54, 1.807) is 10.6 Å². The van der Waals surface area contributed by atoms with Crippen LogP contribution in [0.3, 0.4) is 0 Å². The van der Waals surface area contributed by atoms with Gasteiger partial charge in [0.05, 0.1) is 5.69 Å². The molecule has 3 heterocycles. The SMILES string of the molecule is C=CCn1c(O)c2n(c1=S)C(c1cccc(Cl)c1)c1[nH]c3ccccc3c1C2. The Morgan fingerprint density at radius 1 is 1.25 bits per heavy atom. The number of aromatic amines is 1. The maximum atomic E-state index is 10.9. The van der Waals surface area contributed by atoms with Crippen molar-refractivity contribution >= 4 is 34.7 Å². The number of halogens is 1. The number of imidazole rings is 1. The van der Waals surface area contributed by atoms with Gasteiger partial charge in [0, 0.05) is 34.6 Å². The van der Waals surface area contributed by atoms with E-state index in [1.807, 2.05) is 41.0 Å². The van der Waals surface area contributed by atoms with Crippen molar-refractivity contribution in [3.63, 3.8) is 0 Å². The van der Waals surface area contributed by atoms with Crippen molar-refractivity contribution in [1.29, 1.82) is 0 Å². The van der Waals surface area contributed by atoms with Crippen LogP contribution in [0.1, 0.15) is 28.6 Å². The molecule has 0 bridgehead atoms. The number of hydrogen-bond acceptors (Lipinski definition) is 2. The van der Waals surface area contributed by atoms with Crippen LogP contribution in [0.25, 0.3) is 10.9 Å². The average molecular weight is 408 g/mol. The first kappa shape index (κ1) is 17.3. The van der Waals surface area contributed by atoms with Crippen molar-refractivity contribution in [3.05, 3.63) is 93.5 Å². The zero-order chi connectivity index (χ0) is 19.4. The van der Waals surface area contributed by atoms with Crippen LogP contribution in [0, 0.1) is 4.77 Å². The molecule has 0 spiro atoms. The Morgan fingerprint density at radius 3 is 2.86 bits per heavy atom. The van der Waals surface area contributed by atoms with Gasteiger partial charge in [-0.05, 0) is 41.5 Å². The van der Waals surface area contributed by atoms with E-state index in [9.17, 15) is 5.11 Å². The summed E-state index contributed by atoms with van der Waals surface area (Å²) in [7, 11) is 0. The number of fused-ring (bicyclic) bond motifs is 4. The standard InChI is InChI=1S/C22H18ClN3OS/c1-2-10-25-21(27)18-12-16-15-8-3-4-9-17(15)24-19(16)20(26(18)22(25)28)13-6-5-7-14(23)11-13/h2-9,11,20,24,27H,1,10,12H2. The first-order chi connectivity index (χ1) is 13.6.